The minimum Gasteiger partial charge on any atom is -0.308 e. The standard InChI is InChI=1S/C23H24ClN5OS.ClH/c1-15-10-11-19(24)21-20(15)26-23(31-21)28(13-12-27(3)4)22(30)18-14-25-29(16(18)2)17-8-6-5-7-9-17;/h5-11,14H,12-13H2,1-4H3;1H. The minimum absolute atomic E-state index is 0. The number of amides is 1. The van der Waals surface area contributed by atoms with Crippen molar-refractivity contribution in [2.24, 2.45) is 0 Å². The van der Waals surface area contributed by atoms with Gasteiger partial charge in [-0.2, -0.15) is 5.10 Å². The third-order valence-electron chi connectivity index (χ3n) is 5.17. The number of rotatable bonds is 6. The Balaban J connectivity index is 0.00000289. The molecule has 0 radical (unpaired) electrons. The molecule has 2 aromatic carbocycles. The number of hydrogen-bond donors (Lipinski definition) is 0. The molecule has 0 saturated heterocycles. The van der Waals surface area contributed by atoms with E-state index in [0.29, 0.717) is 28.8 Å². The van der Waals surface area contributed by atoms with Crippen LogP contribution < -0.4 is 4.90 Å². The molecule has 168 valence electrons. The van der Waals surface area contributed by atoms with E-state index in [2.05, 4.69) is 5.10 Å². The molecule has 0 saturated carbocycles. The van der Waals surface area contributed by atoms with Crippen LogP contribution in [0, 0.1) is 13.8 Å². The quantitative estimate of drug-likeness (QED) is 0.364. The summed E-state index contributed by atoms with van der Waals surface area (Å²) in [7, 11) is 3.97. The first-order chi connectivity index (χ1) is 14.9. The van der Waals surface area contributed by atoms with Gasteiger partial charge in [-0.05, 0) is 51.7 Å². The average molecular weight is 490 g/mol. The Morgan fingerprint density at radius 1 is 1.09 bits per heavy atom. The number of carbonyl (C=O) groups is 1. The zero-order chi connectivity index (χ0) is 22.1. The molecule has 4 rings (SSSR count). The molecule has 0 fully saturated rings. The number of nitrogens with zero attached hydrogens (tertiary/aromatic N) is 5. The van der Waals surface area contributed by atoms with Gasteiger partial charge in [0.1, 0.15) is 0 Å². The van der Waals surface area contributed by atoms with E-state index in [1.165, 1.54) is 11.3 Å². The Morgan fingerprint density at radius 3 is 2.47 bits per heavy atom. The predicted octanol–water partition coefficient (Wildman–Crippen LogP) is 5.38. The fourth-order valence-electron chi connectivity index (χ4n) is 3.38. The van der Waals surface area contributed by atoms with Gasteiger partial charge in [0.15, 0.2) is 5.13 Å². The van der Waals surface area contributed by atoms with Crippen LogP contribution in [-0.4, -0.2) is 52.8 Å². The van der Waals surface area contributed by atoms with Crippen molar-refractivity contribution in [2.45, 2.75) is 13.8 Å². The summed E-state index contributed by atoms with van der Waals surface area (Å²) in [6.07, 6.45) is 1.64. The zero-order valence-corrected chi connectivity index (χ0v) is 20.8. The number of aromatic nitrogens is 3. The van der Waals surface area contributed by atoms with E-state index >= 15 is 0 Å². The number of aryl methyl sites for hydroxylation is 1. The van der Waals surface area contributed by atoms with Crippen LogP contribution in [0.1, 0.15) is 21.6 Å². The van der Waals surface area contributed by atoms with Gasteiger partial charge in [-0.1, -0.05) is 47.2 Å². The highest BCUT2D eigenvalue weighted by Crippen LogP contribution is 2.36. The summed E-state index contributed by atoms with van der Waals surface area (Å²) in [5.74, 6) is -0.116. The van der Waals surface area contributed by atoms with E-state index < -0.39 is 0 Å². The van der Waals surface area contributed by atoms with Gasteiger partial charge in [0.25, 0.3) is 5.91 Å². The topological polar surface area (TPSA) is 54.3 Å². The maximum Gasteiger partial charge on any atom is 0.263 e. The second-order valence-electron chi connectivity index (χ2n) is 7.69. The molecular formula is C23H25Cl2N5OS. The monoisotopic (exact) mass is 489 g/mol. The van der Waals surface area contributed by atoms with Gasteiger partial charge in [-0.25, -0.2) is 9.67 Å². The second-order valence-corrected chi connectivity index (χ2v) is 9.07. The lowest BCUT2D eigenvalue weighted by atomic mass is 10.2. The van der Waals surface area contributed by atoms with Gasteiger partial charge in [-0.15, -0.1) is 12.4 Å². The third kappa shape index (κ3) is 4.66. The lowest BCUT2D eigenvalue weighted by molar-refractivity contribution is 0.0984. The lowest BCUT2D eigenvalue weighted by Gasteiger charge is -2.21. The maximum absolute atomic E-state index is 13.7. The third-order valence-corrected chi connectivity index (χ3v) is 6.71. The van der Waals surface area contributed by atoms with E-state index in [4.69, 9.17) is 16.6 Å². The lowest BCUT2D eigenvalue weighted by Crippen LogP contribution is -2.37. The molecule has 4 aromatic rings. The van der Waals surface area contributed by atoms with Gasteiger partial charge in [0, 0.05) is 13.1 Å². The fraction of sp³-hybridized carbons (Fsp3) is 0.261. The predicted molar refractivity (Wildman–Crippen MR) is 135 cm³/mol. The van der Waals surface area contributed by atoms with Crippen LogP contribution in [0.4, 0.5) is 5.13 Å². The first kappa shape index (κ1) is 24.2. The molecule has 0 aliphatic carbocycles. The van der Waals surface area contributed by atoms with Crippen molar-refractivity contribution >= 4 is 56.6 Å². The van der Waals surface area contributed by atoms with E-state index in [-0.39, 0.29) is 18.3 Å². The fourth-order valence-corrected chi connectivity index (χ4v) is 4.73. The van der Waals surface area contributed by atoms with E-state index in [9.17, 15) is 4.79 Å². The van der Waals surface area contributed by atoms with E-state index in [1.54, 1.807) is 15.8 Å². The SMILES string of the molecule is Cc1ccc(Cl)c2sc(N(CCN(C)C)C(=O)c3cnn(-c4ccccc4)c3C)nc12.Cl. The maximum atomic E-state index is 13.7. The Kier molecular flexibility index (Phi) is 7.56. The Hall–Kier alpha value is -2.45. The summed E-state index contributed by atoms with van der Waals surface area (Å²) in [5.41, 5.74) is 4.15. The van der Waals surface area contributed by atoms with Crippen molar-refractivity contribution < 1.29 is 4.79 Å². The van der Waals surface area contributed by atoms with Gasteiger partial charge < -0.3 is 4.90 Å². The summed E-state index contributed by atoms with van der Waals surface area (Å²) in [5, 5.41) is 5.76. The van der Waals surface area contributed by atoms with Crippen LogP contribution in [0.5, 0.6) is 0 Å². The van der Waals surface area contributed by atoms with Crippen molar-refractivity contribution in [1.29, 1.82) is 0 Å². The van der Waals surface area contributed by atoms with Crippen LogP contribution in [0.15, 0.2) is 48.7 Å². The summed E-state index contributed by atoms with van der Waals surface area (Å²) in [6, 6.07) is 13.6. The largest absolute Gasteiger partial charge is 0.308 e. The molecule has 0 atom stereocenters. The number of thiazole rings is 1. The molecule has 0 aliphatic rings. The molecular weight excluding hydrogens is 465 g/mol. The summed E-state index contributed by atoms with van der Waals surface area (Å²) in [4.78, 5) is 22.2. The smallest absolute Gasteiger partial charge is 0.263 e. The van der Waals surface area contributed by atoms with Crippen molar-refractivity contribution in [3.8, 4) is 5.69 Å². The number of para-hydroxylation sites is 1. The Labute approximate surface area is 202 Å². The van der Waals surface area contributed by atoms with Crippen molar-refractivity contribution in [2.75, 3.05) is 32.1 Å². The number of hydrogen-bond acceptors (Lipinski definition) is 5. The number of halogens is 2. The number of carbonyl (C=O) groups excluding carboxylic acids is 1. The summed E-state index contributed by atoms with van der Waals surface area (Å²) >= 11 is 7.86. The molecule has 0 N–H and O–H groups in total. The highest BCUT2D eigenvalue weighted by atomic mass is 35.5. The van der Waals surface area contributed by atoms with E-state index in [1.807, 2.05) is 75.3 Å². The van der Waals surface area contributed by atoms with Gasteiger partial charge in [0.2, 0.25) is 0 Å². The molecule has 0 aliphatic heterocycles. The molecule has 0 bridgehead atoms. The van der Waals surface area contributed by atoms with Crippen LogP contribution >= 0.6 is 35.3 Å². The van der Waals surface area contributed by atoms with Gasteiger partial charge in [-0.3, -0.25) is 9.69 Å². The van der Waals surface area contributed by atoms with Gasteiger partial charge >= 0.3 is 0 Å². The highest BCUT2D eigenvalue weighted by Gasteiger charge is 2.26. The van der Waals surface area contributed by atoms with Crippen molar-refractivity contribution in [3.63, 3.8) is 0 Å². The number of benzene rings is 2. The normalized spacial score (nSPS) is 11.1. The van der Waals surface area contributed by atoms with Crippen LogP contribution in [0.25, 0.3) is 15.9 Å². The Morgan fingerprint density at radius 2 is 1.81 bits per heavy atom. The van der Waals surface area contributed by atoms with Crippen LogP contribution in [-0.2, 0) is 0 Å². The zero-order valence-electron chi connectivity index (χ0n) is 18.4. The van der Waals surface area contributed by atoms with Crippen molar-refractivity contribution in [1.82, 2.24) is 19.7 Å². The number of anilines is 1. The Bertz CT molecular complexity index is 1200. The van der Waals surface area contributed by atoms with E-state index in [0.717, 1.165) is 27.2 Å². The molecule has 9 heteroatoms. The van der Waals surface area contributed by atoms with Crippen molar-refractivity contribution in [3.05, 3.63) is 70.5 Å². The molecule has 6 nitrogen and oxygen atoms in total. The molecule has 0 unspecified atom stereocenters. The summed E-state index contributed by atoms with van der Waals surface area (Å²) in [6.45, 7) is 5.14. The van der Waals surface area contributed by atoms with Gasteiger partial charge in [0.05, 0.1) is 38.4 Å². The minimum atomic E-state index is -0.116. The van der Waals surface area contributed by atoms with Crippen LogP contribution in [0.3, 0.4) is 0 Å². The number of fused-ring (bicyclic) bond motifs is 1. The molecule has 0 spiro atoms. The molecule has 2 aromatic heterocycles. The molecule has 1 amide bonds. The summed E-state index contributed by atoms with van der Waals surface area (Å²) < 4.78 is 2.69. The average Bonchev–Trinajstić information content (AvgIpc) is 3.36. The second kappa shape index (κ2) is 10.0. The molecule has 32 heavy (non-hydrogen) atoms. The van der Waals surface area contributed by atoms with Crippen LogP contribution in [0.2, 0.25) is 5.02 Å². The number of likely N-dealkylation sites (N-methyl/N-ethyl adjacent to an activating group) is 1. The first-order valence-electron chi connectivity index (χ1n) is 9.99. The highest BCUT2D eigenvalue weighted by molar-refractivity contribution is 7.23. The molecule has 2 heterocycles. The first-order valence-corrected chi connectivity index (χ1v) is 11.2.